The summed E-state index contributed by atoms with van der Waals surface area (Å²) >= 11 is 0. The first kappa shape index (κ1) is 36.2. The number of hydrogen-bond acceptors (Lipinski definition) is 10. The number of methoxy groups -OCH3 is 2. The maximum Gasteiger partial charge on any atom is 0.405 e. The number of carbonyl (C=O) groups is 2. The van der Waals surface area contributed by atoms with Crippen molar-refractivity contribution in [2.75, 3.05) is 48.0 Å². The highest BCUT2D eigenvalue weighted by molar-refractivity contribution is 5.94. The van der Waals surface area contributed by atoms with E-state index in [2.05, 4.69) is 10.6 Å². The van der Waals surface area contributed by atoms with Crippen molar-refractivity contribution >= 4 is 12.0 Å². The van der Waals surface area contributed by atoms with Gasteiger partial charge < -0.3 is 50.8 Å². The van der Waals surface area contributed by atoms with Crippen molar-refractivity contribution in [3.05, 3.63) is 58.5 Å². The Hall–Kier alpha value is -3.00. The van der Waals surface area contributed by atoms with Crippen molar-refractivity contribution in [2.24, 2.45) is 11.7 Å². The Balaban J connectivity index is 2.59. The van der Waals surface area contributed by atoms with Gasteiger partial charge in [0.2, 0.25) is 0 Å². The minimum absolute atomic E-state index is 0.0681. The van der Waals surface area contributed by atoms with Crippen LogP contribution in [0.15, 0.2) is 58.5 Å². The number of fused-ring (bicyclic) bond motifs is 2. The molecule has 0 fully saturated rings. The minimum Gasteiger partial charge on any atom is -0.432 e. The summed E-state index contributed by atoms with van der Waals surface area (Å²) in [5.74, 6) is -0.907. The number of aliphatic hydroxyl groups excluding tert-OH is 3. The Labute approximate surface area is 254 Å². The topological polar surface area (TPSA) is 176 Å². The third kappa shape index (κ3) is 10.0. The van der Waals surface area contributed by atoms with Gasteiger partial charge in [0.15, 0.2) is 5.60 Å². The first-order chi connectivity index (χ1) is 20.3. The molecule has 7 N–H and O–H groups in total. The average molecular weight is 607 g/mol. The van der Waals surface area contributed by atoms with Gasteiger partial charge in [0, 0.05) is 50.2 Å². The summed E-state index contributed by atoms with van der Waals surface area (Å²) in [6.45, 7) is 6.35. The van der Waals surface area contributed by atoms with Crippen LogP contribution in [0.5, 0.6) is 0 Å². The highest BCUT2D eigenvalue weighted by atomic mass is 16.6. The van der Waals surface area contributed by atoms with Crippen LogP contribution in [0.2, 0.25) is 0 Å². The molecule has 2 amide bonds. The summed E-state index contributed by atoms with van der Waals surface area (Å²) in [6.07, 6.45) is 4.47. The predicted molar refractivity (Wildman–Crippen MR) is 164 cm³/mol. The molecule has 0 aromatic heterocycles. The van der Waals surface area contributed by atoms with E-state index in [1.165, 1.54) is 26.4 Å². The van der Waals surface area contributed by atoms with E-state index in [9.17, 15) is 24.9 Å². The lowest BCUT2D eigenvalue weighted by Gasteiger charge is -2.33. The standard InChI is InChI=1S/C31H50N4O8/c1-19-10-9-13-31(18-41-6,43-30(32)40)21(3)16-20(2)27(37)25(42-7)12-8-11-22-26(33-14-15-35(4)5)24(36)17-23(28(22)38)34-29(19)39/h9-10,13,16-17,20,24-25,27-28,33,36-38H,8,11-12,14-15,18H2,1-7H3,(H2,32,40)(H,34,39)/b13-9-,19-10+,21-16?/t20-,24?,25-,27+,28?,31-/m0/s1. The van der Waals surface area contributed by atoms with Crippen molar-refractivity contribution in [3.8, 4) is 0 Å². The number of ether oxygens (including phenoxy) is 3. The lowest BCUT2D eigenvalue weighted by atomic mass is 9.87. The highest BCUT2D eigenvalue weighted by Crippen LogP contribution is 2.30. The molecule has 6 atom stereocenters. The van der Waals surface area contributed by atoms with Gasteiger partial charge in [0.05, 0.1) is 18.8 Å². The Morgan fingerprint density at radius 1 is 1.21 bits per heavy atom. The molecule has 242 valence electrons. The number of nitrogens with zero attached hydrogens (tertiary/aromatic N) is 1. The second-order valence-corrected chi connectivity index (χ2v) is 11.4. The van der Waals surface area contributed by atoms with Crippen molar-refractivity contribution in [3.63, 3.8) is 0 Å². The molecule has 2 rings (SSSR count). The summed E-state index contributed by atoms with van der Waals surface area (Å²) in [5, 5.41) is 39.6. The van der Waals surface area contributed by atoms with Crippen molar-refractivity contribution in [1.29, 1.82) is 0 Å². The zero-order chi connectivity index (χ0) is 32.3. The molecule has 0 radical (unpaired) electrons. The monoisotopic (exact) mass is 606 g/mol. The van der Waals surface area contributed by atoms with Gasteiger partial charge in [0.1, 0.15) is 12.2 Å². The lowest BCUT2D eigenvalue weighted by Crippen LogP contribution is -2.42. The summed E-state index contributed by atoms with van der Waals surface area (Å²) < 4.78 is 16.6. The molecular formula is C31H50N4O8. The fraction of sp³-hybridized carbons (Fsp3) is 0.613. The molecule has 0 saturated heterocycles. The number of allylic oxidation sites excluding steroid dienone is 2. The van der Waals surface area contributed by atoms with Crippen molar-refractivity contribution in [2.45, 2.75) is 70.1 Å². The van der Waals surface area contributed by atoms with Gasteiger partial charge in [-0.05, 0) is 70.5 Å². The molecule has 2 bridgehead atoms. The fourth-order valence-electron chi connectivity index (χ4n) is 5.26. The largest absolute Gasteiger partial charge is 0.432 e. The lowest BCUT2D eigenvalue weighted by molar-refractivity contribution is -0.117. The van der Waals surface area contributed by atoms with Crippen LogP contribution in [0, 0.1) is 5.92 Å². The third-order valence-corrected chi connectivity index (χ3v) is 7.78. The van der Waals surface area contributed by atoms with Gasteiger partial charge in [-0.2, -0.15) is 0 Å². The van der Waals surface area contributed by atoms with Crippen LogP contribution in [-0.4, -0.2) is 110 Å². The SMILES string of the molecule is COC[C@@]1(OC(N)=O)/C=C\C=C(/C)C(=O)NC2=CC(O)C(NCCN(C)C)=C(CCC[C@H](OC)[C@H](O)[C@@H](C)C=C1C)C2O. The van der Waals surface area contributed by atoms with Gasteiger partial charge in [-0.15, -0.1) is 0 Å². The second kappa shape index (κ2) is 16.7. The number of rotatable bonds is 8. The zero-order valence-electron chi connectivity index (χ0n) is 26.4. The van der Waals surface area contributed by atoms with E-state index in [1.54, 1.807) is 32.1 Å². The van der Waals surface area contributed by atoms with Crippen LogP contribution in [-0.2, 0) is 19.0 Å². The zero-order valence-corrected chi connectivity index (χ0v) is 26.4. The number of likely N-dealkylation sites (N-methyl/N-ethyl adjacent to an activating group) is 1. The molecule has 0 spiro atoms. The van der Waals surface area contributed by atoms with E-state index in [1.807, 2.05) is 25.9 Å². The fourth-order valence-corrected chi connectivity index (χ4v) is 5.26. The van der Waals surface area contributed by atoms with Gasteiger partial charge in [0.25, 0.3) is 5.91 Å². The van der Waals surface area contributed by atoms with E-state index < -0.39 is 47.9 Å². The van der Waals surface area contributed by atoms with Crippen LogP contribution < -0.4 is 16.4 Å². The molecule has 12 nitrogen and oxygen atoms in total. The normalized spacial score (nSPS) is 31.6. The van der Waals surface area contributed by atoms with Crippen LogP contribution in [0.1, 0.15) is 40.0 Å². The third-order valence-electron chi connectivity index (χ3n) is 7.78. The highest BCUT2D eigenvalue weighted by Gasteiger charge is 2.35. The van der Waals surface area contributed by atoms with Crippen molar-refractivity contribution in [1.82, 2.24) is 15.5 Å². The Bertz CT molecular complexity index is 1130. The second-order valence-electron chi connectivity index (χ2n) is 11.4. The first-order valence-corrected chi connectivity index (χ1v) is 14.5. The number of nitrogens with one attached hydrogen (secondary N) is 2. The number of aliphatic hydroxyl groups is 3. The van der Waals surface area contributed by atoms with E-state index in [-0.39, 0.29) is 12.3 Å². The molecule has 1 aliphatic carbocycles. The summed E-state index contributed by atoms with van der Waals surface area (Å²) in [7, 11) is 6.86. The maximum absolute atomic E-state index is 13.1. The molecule has 1 heterocycles. The number of carbonyl (C=O) groups excluding carboxylic acids is 2. The van der Waals surface area contributed by atoms with E-state index in [0.717, 1.165) is 0 Å². The van der Waals surface area contributed by atoms with Crippen molar-refractivity contribution < 1.29 is 39.1 Å². The van der Waals surface area contributed by atoms with Crippen LogP contribution in [0.25, 0.3) is 0 Å². The molecule has 2 unspecified atom stereocenters. The molecule has 0 saturated carbocycles. The molecule has 0 aromatic carbocycles. The van der Waals surface area contributed by atoms with E-state index >= 15 is 0 Å². The van der Waals surface area contributed by atoms with Crippen LogP contribution >= 0.6 is 0 Å². The first-order valence-electron chi connectivity index (χ1n) is 14.5. The molecule has 1 aliphatic heterocycles. The van der Waals surface area contributed by atoms with Gasteiger partial charge in [-0.25, -0.2) is 4.79 Å². The predicted octanol–water partition coefficient (Wildman–Crippen LogP) is 1.25. The van der Waals surface area contributed by atoms with Crippen LogP contribution in [0.4, 0.5) is 4.79 Å². The summed E-state index contributed by atoms with van der Waals surface area (Å²) in [4.78, 5) is 27.0. The quantitative estimate of drug-likeness (QED) is 0.221. The Kier molecular flexibility index (Phi) is 14.1. The van der Waals surface area contributed by atoms with E-state index in [4.69, 9.17) is 19.9 Å². The molecule has 2 aliphatic rings. The van der Waals surface area contributed by atoms with Gasteiger partial charge in [-0.3, -0.25) is 4.79 Å². The maximum atomic E-state index is 13.1. The number of amides is 2. The Morgan fingerprint density at radius 2 is 1.91 bits per heavy atom. The summed E-state index contributed by atoms with van der Waals surface area (Å²) in [5.41, 5.74) is 6.11. The number of hydrogen-bond donors (Lipinski definition) is 6. The summed E-state index contributed by atoms with van der Waals surface area (Å²) in [6, 6.07) is 0. The Morgan fingerprint density at radius 3 is 2.51 bits per heavy atom. The number of nitrogens with two attached hydrogens (primary N) is 1. The van der Waals surface area contributed by atoms with E-state index in [0.29, 0.717) is 54.8 Å². The average Bonchev–Trinajstić information content (AvgIpc) is 2.93. The molecule has 12 heteroatoms. The minimum atomic E-state index is -1.41. The molecule has 0 aromatic rings. The smallest absolute Gasteiger partial charge is 0.405 e. The van der Waals surface area contributed by atoms with Gasteiger partial charge >= 0.3 is 6.09 Å². The van der Waals surface area contributed by atoms with Crippen LogP contribution in [0.3, 0.4) is 0 Å². The van der Waals surface area contributed by atoms with Gasteiger partial charge in [-0.1, -0.05) is 25.2 Å². The number of primary amides is 1. The molecular weight excluding hydrogens is 556 g/mol. The molecule has 43 heavy (non-hydrogen) atoms.